The van der Waals surface area contributed by atoms with Crippen LogP contribution in [0.15, 0.2) is 65.9 Å². The molecule has 0 aliphatic rings. The predicted octanol–water partition coefficient (Wildman–Crippen LogP) is 3.26. The summed E-state index contributed by atoms with van der Waals surface area (Å²) in [6.07, 6.45) is 1.70. The lowest BCUT2D eigenvalue weighted by Crippen LogP contribution is -2.10. The highest BCUT2D eigenvalue weighted by Gasteiger charge is 2.07. The van der Waals surface area contributed by atoms with E-state index in [1.807, 2.05) is 54.6 Å². The zero-order valence-corrected chi connectivity index (χ0v) is 14.1. The van der Waals surface area contributed by atoms with Crippen molar-refractivity contribution in [3.05, 3.63) is 66.4 Å². The van der Waals surface area contributed by atoms with E-state index in [4.69, 9.17) is 5.11 Å². The number of hydrogen-bond acceptors (Lipinski definition) is 6. The van der Waals surface area contributed by atoms with Gasteiger partial charge in [-0.15, -0.1) is 16.9 Å². The number of nitrogens with one attached hydrogen (secondary N) is 1. The van der Waals surface area contributed by atoms with E-state index >= 15 is 0 Å². The Balaban J connectivity index is 1.85. The van der Waals surface area contributed by atoms with Crippen LogP contribution in [0.5, 0.6) is 0 Å². The Bertz CT molecular complexity index is 894. The van der Waals surface area contributed by atoms with Crippen LogP contribution in [-0.4, -0.2) is 38.5 Å². The molecule has 0 amide bonds. The molecule has 0 aliphatic heterocycles. The molecule has 0 atom stereocenters. The number of aromatic nitrogens is 2. The number of benzene rings is 2. The fraction of sp³-hybridized carbons (Fsp3) is 0.111. The maximum Gasteiger partial charge on any atom is 0.313 e. The topological polar surface area (TPSA) is 87.5 Å². The smallest absolute Gasteiger partial charge is 0.313 e. The quantitative estimate of drug-likeness (QED) is 0.501. The van der Waals surface area contributed by atoms with Gasteiger partial charge in [-0.05, 0) is 5.56 Å². The minimum atomic E-state index is -0.842. The number of nitrogens with zero attached hydrogens (tertiary/aromatic N) is 3. The van der Waals surface area contributed by atoms with Crippen LogP contribution in [0.4, 0.5) is 5.82 Å². The van der Waals surface area contributed by atoms with Gasteiger partial charge in [0.2, 0.25) is 0 Å². The van der Waals surface area contributed by atoms with Crippen molar-refractivity contribution in [2.75, 3.05) is 16.9 Å². The minimum Gasteiger partial charge on any atom is -0.481 e. The molecule has 1 heterocycles. The van der Waals surface area contributed by atoms with Gasteiger partial charge in [-0.25, -0.2) is 0 Å². The van der Waals surface area contributed by atoms with Crippen molar-refractivity contribution in [2.24, 2.45) is 5.10 Å². The van der Waals surface area contributed by atoms with Crippen molar-refractivity contribution >= 4 is 40.0 Å². The first-order valence-electron chi connectivity index (χ1n) is 7.62. The largest absolute Gasteiger partial charge is 0.481 e. The standard InChI is InChI=1S/C18H16N4O2S/c23-17(24)12-25-11-16(13-6-2-1-3-7-13)20-22-18-15-9-5-4-8-14(15)10-19-21-18/h1-10H,11-12H2,(H,21,22)(H,23,24)/b20-16-. The molecule has 1 aromatic heterocycles. The zero-order chi connectivity index (χ0) is 17.5. The molecule has 3 rings (SSSR count). The third-order valence-electron chi connectivity index (χ3n) is 3.44. The SMILES string of the molecule is O=C(O)CSC/C(=N/Nc1nncc2ccccc12)c1ccccc1. The van der Waals surface area contributed by atoms with Crippen molar-refractivity contribution in [1.29, 1.82) is 0 Å². The lowest BCUT2D eigenvalue weighted by molar-refractivity contribution is -0.133. The van der Waals surface area contributed by atoms with Crippen LogP contribution in [0.25, 0.3) is 10.8 Å². The molecule has 0 spiro atoms. The Morgan fingerprint density at radius 2 is 1.84 bits per heavy atom. The molecule has 0 fully saturated rings. The van der Waals surface area contributed by atoms with Gasteiger partial charge in [0.25, 0.3) is 0 Å². The number of aliphatic carboxylic acids is 1. The van der Waals surface area contributed by atoms with Crippen molar-refractivity contribution in [2.45, 2.75) is 0 Å². The summed E-state index contributed by atoms with van der Waals surface area (Å²) in [7, 11) is 0. The number of carboxylic acids is 1. The van der Waals surface area contributed by atoms with Crippen LogP contribution in [0, 0.1) is 0 Å². The van der Waals surface area contributed by atoms with Crippen molar-refractivity contribution in [3.63, 3.8) is 0 Å². The van der Waals surface area contributed by atoms with Gasteiger partial charge < -0.3 is 5.11 Å². The Morgan fingerprint density at radius 1 is 1.08 bits per heavy atom. The molecule has 126 valence electrons. The van der Waals surface area contributed by atoms with Crippen molar-refractivity contribution in [3.8, 4) is 0 Å². The summed E-state index contributed by atoms with van der Waals surface area (Å²) < 4.78 is 0. The second-order valence-corrected chi connectivity index (χ2v) is 6.19. The van der Waals surface area contributed by atoms with Gasteiger partial charge in [-0.3, -0.25) is 10.2 Å². The van der Waals surface area contributed by atoms with Crippen LogP contribution < -0.4 is 5.43 Å². The number of anilines is 1. The van der Waals surface area contributed by atoms with E-state index in [1.165, 1.54) is 11.8 Å². The zero-order valence-electron chi connectivity index (χ0n) is 13.3. The number of rotatable bonds is 7. The lowest BCUT2D eigenvalue weighted by atomic mass is 10.1. The summed E-state index contributed by atoms with van der Waals surface area (Å²) in [6, 6.07) is 17.4. The molecule has 3 aromatic rings. The molecule has 0 saturated carbocycles. The molecular weight excluding hydrogens is 336 g/mol. The highest BCUT2D eigenvalue weighted by atomic mass is 32.2. The number of carboxylic acid groups (broad SMARTS) is 1. The fourth-order valence-corrected chi connectivity index (χ4v) is 2.98. The van der Waals surface area contributed by atoms with Gasteiger partial charge in [0, 0.05) is 16.5 Å². The van der Waals surface area contributed by atoms with Gasteiger partial charge in [-0.1, -0.05) is 54.6 Å². The number of hydrogen-bond donors (Lipinski definition) is 2. The molecule has 0 aliphatic carbocycles. The van der Waals surface area contributed by atoms with Gasteiger partial charge in [0.05, 0.1) is 17.7 Å². The number of thioether (sulfide) groups is 1. The van der Waals surface area contributed by atoms with E-state index in [0.29, 0.717) is 11.6 Å². The van der Waals surface area contributed by atoms with E-state index in [1.54, 1.807) is 6.20 Å². The molecule has 0 bridgehead atoms. The van der Waals surface area contributed by atoms with E-state index in [2.05, 4.69) is 20.7 Å². The molecule has 0 saturated heterocycles. The summed E-state index contributed by atoms with van der Waals surface area (Å²) in [5.74, 6) is 0.224. The number of fused-ring (bicyclic) bond motifs is 1. The summed E-state index contributed by atoms with van der Waals surface area (Å²) in [4.78, 5) is 10.7. The first-order valence-corrected chi connectivity index (χ1v) is 8.77. The van der Waals surface area contributed by atoms with Crippen LogP contribution in [0.3, 0.4) is 0 Å². The Hall–Kier alpha value is -2.93. The summed E-state index contributed by atoms with van der Waals surface area (Å²) >= 11 is 1.30. The molecule has 0 radical (unpaired) electrons. The fourth-order valence-electron chi connectivity index (χ4n) is 2.28. The van der Waals surface area contributed by atoms with E-state index in [-0.39, 0.29) is 5.75 Å². The average Bonchev–Trinajstić information content (AvgIpc) is 2.65. The van der Waals surface area contributed by atoms with Gasteiger partial charge in [0.15, 0.2) is 5.82 Å². The van der Waals surface area contributed by atoms with Crippen LogP contribution in [0.1, 0.15) is 5.56 Å². The van der Waals surface area contributed by atoms with Crippen molar-refractivity contribution in [1.82, 2.24) is 10.2 Å². The Labute approximate surface area is 149 Å². The highest BCUT2D eigenvalue weighted by molar-refractivity contribution is 8.00. The molecular formula is C18H16N4O2S. The third-order valence-corrected chi connectivity index (χ3v) is 4.37. The van der Waals surface area contributed by atoms with E-state index in [9.17, 15) is 4.79 Å². The number of hydrazone groups is 1. The monoisotopic (exact) mass is 352 g/mol. The van der Waals surface area contributed by atoms with Gasteiger partial charge >= 0.3 is 5.97 Å². The highest BCUT2D eigenvalue weighted by Crippen LogP contribution is 2.19. The first kappa shape index (κ1) is 16.9. The third kappa shape index (κ3) is 4.54. The lowest BCUT2D eigenvalue weighted by Gasteiger charge is -2.08. The molecule has 2 N–H and O–H groups in total. The molecule has 6 nitrogen and oxygen atoms in total. The maximum atomic E-state index is 10.7. The van der Waals surface area contributed by atoms with E-state index < -0.39 is 5.97 Å². The van der Waals surface area contributed by atoms with Crippen LogP contribution in [0.2, 0.25) is 0 Å². The summed E-state index contributed by atoms with van der Waals surface area (Å²) in [5, 5.41) is 23.3. The molecule has 2 aromatic carbocycles. The van der Waals surface area contributed by atoms with Gasteiger partial charge in [0.1, 0.15) is 0 Å². The molecule has 0 unspecified atom stereocenters. The van der Waals surface area contributed by atoms with Crippen LogP contribution >= 0.6 is 11.8 Å². The normalized spacial score (nSPS) is 11.4. The second kappa shape index (κ2) is 8.25. The maximum absolute atomic E-state index is 10.7. The summed E-state index contributed by atoms with van der Waals surface area (Å²) in [6.45, 7) is 0. The molecule has 25 heavy (non-hydrogen) atoms. The van der Waals surface area contributed by atoms with Gasteiger partial charge in [-0.2, -0.15) is 10.2 Å². The minimum absolute atomic E-state index is 0.0277. The predicted molar refractivity (Wildman–Crippen MR) is 101 cm³/mol. The Morgan fingerprint density at radius 3 is 2.64 bits per heavy atom. The molecule has 7 heteroatoms. The Kier molecular flexibility index (Phi) is 5.58. The van der Waals surface area contributed by atoms with Crippen LogP contribution in [-0.2, 0) is 4.79 Å². The second-order valence-electron chi connectivity index (χ2n) is 5.20. The number of carbonyl (C=O) groups is 1. The average molecular weight is 352 g/mol. The summed E-state index contributed by atoms with van der Waals surface area (Å²) in [5.41, 5.74) is 4.66. The van der Waals surface area contributed by atoms with E-state index in [0.717, 1.165) is 22.0 Å². The first-order chi connectivity index (χ1) is 12.2. The van der Waals surface area contributed by atoms with Crippen molar-refractivity contribution < 1.29 is 9.90 Å².